The van der Waals surface area contributed by atoms with E-state index in [1.807, 2.05) is 11.8 Å². The number of nitrogens with zero attached hydrogens (tertiary/aromatic N) is 1. The van der Waals surface area contributed by atoms with Gasteiger partial charge in [-0.05, 0) is 24.3 Å². The molecule has 80 valence electrons. The number of nitriles is 1. The molecule has 1 aliphatic carbocycles. The Balaban J connectivity index is 2.01. The molecular formula is C12H15NS2. The van der Waals surface area contributed by atoms with Gasteiger partial charge in [0.25, 0.3) is 0 Å². The van der Waals surface area contributed by atoms with E-state index in [1.165, 1.54) is 29.9 Å². The highest BCUT2D eigenvalue weighted by Crippen LogP contribution is 2.37. The summed E-state index contributed by atoms with van der Waals surface area (Å²) in [5.74, 6) is 0.264. The van der Waals surface area contributed by atoms with Crippen molar-refractivity contribution >= 4 is 23.1 Å². The molecule has 2 unspecified atom stereocenters. The molecular weight excluding hydrogens is 222 g/mol. The van der Waals surface area contributed by atoms with Crippen LogP contribution in [0.25, 0.3) is 0 Å². The maximum atomic E-state index is 9.16. The fourth-order valence-electron chi connectivity index (χ4n) is 2.04. The van der Waals surface area contributed by atoms with E-state index < -0.39 is 0 Å². The van der Waals surface area contributed by atoms with Gasteiger partial charge in [-0.25, -0.2) is 0 Å². The van der Waals surface area contributed by atoms with Crippen molar-refractivity contribution in [2.75, 3.05) is 0 Å². The quantitative estimate of drug-likeness (QED) is 0.716. The van der Waals surface area contributed by atoms with Gasteiger partial charge < -0.3 is 0 Å². The summed E-state index contributed by atoms with van der Waals surface area (Å²) in [7, 11) is 0. The molecule has 1 aliphatic rings. The van der Waals surface area contributed by atoms with Gasteiger partial charge >= 0.3 is 0 Å². The first-order valence-electron chi connectivity index (χ1n) is 5.50. The van der Waals surface area contributed by atoms with Crippen LogP contribution in [0.3, 0.4) is 0 Å². The fraction of sp³-hybridized carbons (Fsp3) is 0.583. The van der Waals surface area contributed by atoms with Crippen LogP contribution in [0, 0.1) is 17.2 Å². The van der Waals surface area contributed by atoms with Crippen molar-refractivity contribution in [1.29, 1.82) is 5.26 Å². The molecule has 0 bridgehead atoms. The Morgan fingerprint density at radius 3 is 2.93 bits per heavy atom. The summed E-state index contributed by atoms with van der Waals surface area (Å²) in [5.41, 5.74) is 0. The lowest BCUT2D eigenvalue weighted by Gasteiger charge is -2.17. The maximum absolute atomic E-state index is 9.16. The smallest absolute Gasteiger partial charge is 0.0667 e. The van der Waals surface area contributed by atoms with Crippen LogP contribution in [0.1, 0.15) is 32.1 Å². The van der Waals surface area contributed by atoms with E-state index in [1.54, 1.807) is 11.3 Å². The van der Waals surface area contributed by atoms with Gasteiger partial charge in [0, 0.05) is 5.25 Å². The van der Waals surface area contributed by atoms with Gasteiger partial charge in [0.2, 0.25) is 0 Å². The summed E-state index contributed by atoms with van der Waals surface area (Å²) >= 11 is 3.70. The Kier molecular flexibility index (Phi) is 4.10. The second-order valence-corrected chi connectivity index (χ2v) is 6.45. The molecule has 0 radical (unpaired) electrons. The van der Waals surface area contributed by atoms with Crippen molar-refractivity contribution in [2.24, 2.45) is 5.92 Å². The molecule has 1 aromatic rings. The molecule has 0 aliphatic heterocycles. The molecule has 1 heterocycles. The predicted molar refractivity (Wildman–Crippen MR) is 66.2 cm³/mol. The average Bonchev–Trinajstić information content (AvgIpc) is 2.64. The van der Waals surface area contributed by atoms with E-state index in [0.29, 0.717) is 5.25 Å². The van der Waals surface area contributed by atoms with Gasteiger partial charge in [-0.1, -0.05) is 25.3 Å². The molecule has 2 rings (SSSR count). The van der Waals surface area contributed by atoms with E-state index in [4.69, 9.17) is 5.26 Å². The summed E-state index contributed by atoms with van der Waals surface area (Å²) in [4.78, 5) is 0. The maximum Gasteiger partial charge on any atom is 0.0667 e. The van der Waals surface area contributed by atoms with Crippen molar-refractivity contribution in [3.63, 3.8) is 0 Å². The average molecular weight is 237 g/mol. The molecule has 0 spiro atoms. The highest BCUT2D eigenvalue weighted by Gasteiger charge is 2.24. The fourth-order valence-corrected chi connectivity index (χ4v) is 4.35. The molecule has 1 fully saturated rings. The molecule has 0 N–H and O–H groups in total. The number of rotatable bonds is 2. The summed E-state index contributed by atoms with van der Waals surface area (Å²) in [6, 6.07) is 6.74. The number of hydrogen-bond acceptors (Lipinski definition) is 3. The van der Waals surface area contributed by atoms with Crippen LogP contribution in [0.2, 0.25) is 0 Å². The van der Waals surface area contributed by atoms with Gasteiger partial charge in [-0.3, -0.25) is 0 Å². The summed E-state index contributed by atoms with van der Waals surface area (Å²) < 4.78 is 1.36. The van der Waals surface area contributed by atoms with Crippen molar-refractivity contribution in [2.45, 2.75) is 41.6 Å². The Hall–Kier alpha value is -0.460. The van der Waals surface area contributed by atoms with Crippen molar-refractivity contribution in [3.8, 4) is 6.07 Å². The van der Waals surface area contributed by atoms with Crippen LogP contribution in [0.5, 0.6) is 0 Å². The van der Waals surface area contributed by atoms with E-state index in [0.717, 1.165) is 6.42 Å². The molecule has 0 aromatic carbocycles. The van der Waals surface area contributed by atoms with Crippen LogP contribution >= 0.6 is 23.1 Å². The van der Waals surface area contributed by atoms with E-state index in [2.05, 4.69) is 23.6 Å². The molecule has 1 aromatic heterocycles. The normalized spacial score (nSPS) is 26.9. The Bertz CT molecular complexity index is 326. The minimum Gasteiger partial charge on any atom is -0.198 e. The molecule has 2 atom stereocenters. The Morgan fingerprint density at radius 2 is 2.20 bits per heavy atom. The summed E-state index contributed by atoms with van der Waals surface area (Å²) in [6.07, 6.45) is 6.14. The zero-order valence-corrected chi connectivity index (χ0v) is 10.3. The van der Waals surface area contributed by atoms with E-state index in [-0.39, 0.29) is 5.92 Å². The third-order valence-electron chi connectivity index (χ3n) is 2.88. The molecule has 3 heteroatoms. The summed E-state index contributed by atoms with van der Waals surface area (Å²) in [6.45, 7) is 0. The lowest BCUT2D eigenvalue weighted by atomic mass is 10.0. The minimum absolute atomic E-state index is 0.264. The van der Waals surface area contributed by atoms with Crippen molar-refractivity contribution in [1.82, 2.24) is 0 Å². The highest BCUT2D eigenvalue weighted by atomic mass is 32.2. The monoisotopic (exact) mass is 237 g/mol. The number of thiophene rings is 1. The van der Waals surface area contributed by atoms with E-state index >= 15 is 0 Å². The van der Waals surface area contributed by atoms with Crippen LogP contribution < -0.4 is 0 Å². The minimum atomic E-state index is 0.264. The third kappa shape index (κ3) is 2.99. The van der Waals surface area contributed by atoms with E-state index in [9.17, 15) is 0 Å². The van der Waals surface area contributed by atoms with Crippen LogP contribution in [-0.4, -0.2) is 5.25 Å². The SMILES string of the molecule is N#CC1CCCCCC1Sc1cccs1. The lowest BCUT2D eigenvalue weighted by molar-refractivity contribution is 0.585. The predicted octanol–water partition coefficient (Wildman–Crippen LogP) is 4.31. The third-order valence-corrected chi connectivity index (χ3v) is 5.36. The first-order valence-corrected chi connectivity index (χ1v) is 7.26. The second kappa shape index (κ2) is 5.58. The molecule has 0 saturated heterocycles. The van der Waals surface area contributed by atoms with Gasteiger partial charge in [0.1, 0.15) is 0 Å². The first-order chi connectivity index (χ1) is 7.40. The first kappa shape index (κ1) is 11.0. The van der Waals surface area contributed by atoms with Crippen LogP contribution in [0.15, 0.2) is 21.7 Å². The van der Waals surface area contributed by atoms with Crippen LogP contribution in [-0.2, 0) is 0 Å². The molecule has 0 amide bonds. The second-order valence-electron chi connectivity index (χ2n) is 3.96. The summed E-state index contributed by atoms with van der Waals surface area (Å²) in [5, 5.41) is 11.8. The zero-order valence-electron chi connectivity index (χ0n) is 8.69. The van der Waals surface area contributed by atoms with Gasteiger partial charge in [-0.15, -0.1) is 23.1 Å². The van der Waals surface area contributed by atoms with Gasteiger partial charge in [0.15, 0.2) is 0 Å². The number of hydrogen-bond donors (Lipinski definition) is 0. The molecule has 15 heavy (non-hydrogen) atoms. The van der Waals surface area contributed by atoms with Crippen molar-refractivity contribution in [3.05, 3.63) is 17.5 Å². The Morgan fingerprint density at radius 1 is 1.33 bits per heavy atom. The van der Waals surface area contributed by atoms with Gasteiger partial charge in [-0.2, -0.15) is 5.26 Å². The van der Waals surface area contributed by atoms with Gasteiger partial charge in [0.05, 0.1) is 16.2 Å². The molecule has 1 nitrogen and oxygen atoms in total. The lowest BCUT2D eigenvalue weighted by Crippen LogP contribution is -2.13. The number of thioether (sulfide) groups is 1. The standard InChI is InChI=1S/C12H15NS2/c13-9-10-5-2-1-3-6-11(10)15-12-7-4-8-14-12/h4,7-8,10-11H,1-3,5-6H2. The van der Waals surface area contributed by atoms with Crippen molar-refractivity contribution < 1.29 is 0 Å². The molecule has 1 saturated carbocycles. The van der Waals surface area contributed by atoms with Crippen LogP contribution in [0.4, 0.5) is 0 Å². The Labute approximate surface area is 99.5 Å². The highest BCUT2D eigenvalue weighted by molar-refractivity contribution is 8.01. The largest absolute Gasteiger partial charge is 0.198 e. The zero-order chi connectivity index (χ0) is 10.5. The topological polar surface area (TPSA) is 23.8 Å².